The topological polar surface area (TPSA) is 30.5 Å². The van der Waals surface area contributed by atoms with E-state index in [0.29, 0.717) is 6.04 Å². The van der Waals surface area contributed by atoms with Gasteiger partial charge in [0.25, 0.3) is 0 Å². The minimum atomic E-state index is -0.128. The van der Waals surface area contributed by atoms with Gasteiger partial charge in [0.15, 0.2) is 11.5 Å². The van der Waals surface area contributed by atoms with Gasteiger partial charge in [-0.25, -0.2) is 0 Å². The molecule has 0 bridgehead atoms. The molecule has 2 unspecified atom stereocenters. The lowest BCUT2D eigenvalue weighted by Gasteiger charge is -2.24. The summed E-state index contributed by atoms with van der Waals surface area (Å²) in [6.45, 7) is 11.7. The quantitative estimate of drug-likeness (QED) is 0.862. The van der Waals surface area contributed by atoms with Gasteiger partial charge in [-0.3, -0.25) is 0 Å². The predicted molar refractivity (Wildman–Crippen MR) is 82.7 cm³/mol. The van der Waals surface area contributed by atoms with E-state index in [1.165, 1.54) is 5.56 Å². The number of benzene rings is 1. The fraction of sp³-hybridized carbons (Fsp3) is 0.647. The van der Waals surface area contributed by atoms with E-state index in [4.69, 9.17) is 9.47 Å². The SMILES string of the molecule is CCCNC(C)C(C)Oc1cccc2c1OC(C)(C)C2. The highest BCUT2D eigenvalue weighted by Gasteiger charge is 2.32. The van der Waals surface area contributed by atoms with Crippen molar-refractivity contribution in [1.82, 2.24) is 5.32 Å². The zero-order chi connectivity index (χ0) is 14.8. The second kappa shape index (κ2) is 6.04. The van der Waals surface area contributed by atoms with E-state index in [-0.39, 0.29) is 11.7 Å². The second-order valence-corrected chi connectivity index (χ2v) is 6.35. The Labute approximate surface area is 122 Å². The van der Waals surface area contributed by atoms with E-state index >= 15 is 0 Å². The molecule has 2 rings (SSSR count). The van der Waals surface area contributed by atoms with Crippen molar-refractivity contribution in [2.45, 2.75) is 65.2 Å². The molecule has 1 aliphatic heterocycles. The molecule has 3 heteroatoms. The third-order valence-corrected chi connectivity index (χ3v) is 3.79. The van der Waals surface area contributed by atoms with E-state index in [2.05, 4.69) is 52.1 Å². The molecule has 0 amide bonds. The highest BCUT2D eigenvalue weighted by molar-refractivity contribution is 5.50. The van der Waals surface area contributed by atoms with Gasteiger partial charge in [0.05, 0.1) is 0 Å². The molecule has 0 aliphatic carbocycles. The van der Waals surface area contributed by atoms with Crippen molar-refractivity contribution in [2.75, 3.05) is 6.54 Å². The zero-order valence-corrected chi connectivity index (χ0v) is 13.3. The molecule has 0 spiro atoms. The first kappa shape index (κ1) is 15.2. The first-order chi connectivity index (χ1) is 9.43. The summed E-state index contributed by atoms with van der Waals surface area (Å²) in [6, 6.07) is 6.50. The van der Waals surface area contributed by atoms with Crippen LogP contribution in [0.4, 0.5) is 0 Å². The second-order valence-electron chi connectivity index (χ2n) is 6.35. The summed E-state index contributed by atoms with van der Waals surface area (Å²) in [7, 11) is 0. The van der Waals surface area contributed by atoms with Gasteiger partial charge in [-0.15, -0.1) is 0 Å². The number of nitrogens with one attached hydrogen (secondary N) is 1. The maximum atomic E-state index is 6.12. The molecule has 3 nitrogen and oxygen atoms in total. The lowest BCUT2D eigenvalue weighted by Crippen LogP contribution is -2.39. The van der Waals surface area contributed by atoms with Gasteiger partial charge in [0.1, 0.15) is 11.7 Å². The Balaban J connectivity index is 2.06. The average Bonchev–Trinajstić information content (AvgIpc) is 2.71. The molecule has 2 atom stereocenters. The lowest BCUT2D eigenvalue weighted by molar-refractivity contribution is 0.121. The van der Waals surface area contributed by atoms with Gasteiger partial charge in [0, 0.05) is 18.0 Å². The highest BCUT2D eigenvalue weighted by Crippen LogP contribution is 2.42. The van der Waals surface area contributed by atoms with Crippen molar-refractivity contribution in [3.05, 3.63) is 23.8 Å². The smallest absolute Gasteiger partial charge is 0.165 e. The average molecular weight is 277 g/mol. The van der Waals surface area contributed by atoms with Crippen LogP contribution in [0.25, 0.3) is 0 Å². The molecule has 0 saturated carbocycles. The van der Waals surface area contributed by atoms with E-state index in [9.17, 15) is 0 Å². The summed E-state index contributed by atoms with van der Waals surface area (Å²) >= 11 is 0. The van der Waals surface area contributed by atoms with Crippen LogP contribution in [0.2, 0.25) is 0 Å². The summed E-state index contributed by atoms with van der Waals surface area (Å²) in [5.74, 6) is 1.79. The molecule has 20 heavy (non-hydrogen) atoms. The van der Waals surface area contributed by atoms with Gasteiger partial charge in [-0.05, 0) is 46.7 Å². The van der Waals surface area contributed by atoms with Crippen LogP contribution in [0.5, 0.6) is 11.5 Å². The van der Waals surface area contributed by atoms with E-state index in [0.717, 1.165) is 30.9 Å². The van der Waals surface area contributed by atoms with E-state index in [1.807, 2.05) is 6.07 Å². The van der Waals surface area contributed by atoms with Crippen molar-refractivity contribution in [3.8, 4) is 11.5 Å². The monoisotopic (exact) mass is 277 g/mol. The fourth-order valence-electron chi connectivity index (χ4n) is 2.52. The first-order valence-corrected chi connectivity index (χ1v) is 7.64. The Morgan fingerprint density at radius 3 is 2.80 bits per heavy atom. The Hall–Kier alpha value is -1.22. The zero-order valence-electron chi connectivity index (χ0n) is 13.3. The van der Waals surface area contributed by atoms with Crippen molar-refractivity contribution >= 4 is 0 Å². The summed E-state index contributed by atoms with van der Waals surface area (Å²) in [5.41, 5.74) is 1.12. The van der Waals surface area contributed by atoms with E-state index < -0.39 is 0 Å². The summed E-state index contributed by atoms with van der Waals surface area (Å²) in [5, 5.41) is 3.47. The molecule has 1 heterocycles. The van der Waals surface area contributed by atoms with Crippen LogP contribution in [0, 0.1) is 0 Å². The number of hydrogen-bond donors (Lipinski definition) is 1. The fourth-order valence-corrected chi connectivity index (χ4v) is 2.52. The third kappa shape index (κ3) is 3.45. The van der Waals surface area contributed by atoms with Crippen LogP contribution in [-0.4, -0.2) is 24.3 Å². The maximum absolute atomic E-state index is 6.12. The van der Waals surface area contributed by atoms with Crippen LogP contribution in [0.15, 0.2) is 18.2 Å². The Bertz CT molecular complexity index is 456. The molecule has 0 aromatic heterocycles. The molecule has 1 N–H and O–H groups in total. The largest absolute Gasteiger partial charge is 0.485 e. The summed E-state index contributed by atoms with van der Waals surface area (Å²) < 4.78 is 12.2. The van der Waals surface area contributed by atoms with Crippen LogP contribution >= 0.6 is 0 Å². The minimum Gasteiger partial charge on any atom is -0.485 e. The summed E-state index contributed by atoms with van der Waals surface area (Å²) in [4.78, 5) is 0. The molecule has 0 saturated heterocycles. The molecule has 0 radical (unpaired) electrons. The predicted octanol–water partition coefficient (Wildman–Crippen LogP) is 3.56. The first-order valence-electron chi connectivity index (χ1n) is 7.64. The number of fused-ring (bicyclic) bond motifs is 1. The van der Waals surface area contributed by atoms with Crippen LogP contribution in [-0.2, 0) is 6.42 Å². The molecule has 1 aromatic rings. The van der Waals surface area contributed by atoms with Gasteiger partial charge < -0.3 is 14.8 Å². The lowest BCUT2D eigenvalue weighted by atomic mass is 10.0. The van der Waals surface area contributed by atoms with Gasteiger partial charge in [0.2, 0.25) is 0 Å². The Kier molecular flexibility index (Phi) is 4.59. The van der Waals surface area contributed by atoms with Crippen molar-refractivity contribution < 1.29 is 9.47 Å². The van der Waals surface area contributed by atoms with Crippen molar-refractivity contribution in [3.63, 3.8) is 0 Å². The van der Waals surface area contributed by atoms with Crippen LogP contribution in [0.1, 0.15) is 46.6 Å². The number of para-hydroxylation sites is 1. The van der Waals surface area contributed by atoms with Crippen LogP contribution in [0.3, 0.4) is 0 Å². The standard InChI is InChI=1S/C17H27NO2/c1-6-10-18-12(2)13(3)19-15-9-7-8-14-11-17(4,5)20-16(14)15/h7-9,12-13,18H,6,10-11H2,1-5H3. The normalized spacial score (nSPS) is 19.1. The van der Waals surface area contributed by atoms with Gasteiger partial charge >= 0.3 is 0 Å². The molecular formula is C17H27NO2. The molecular weight excluding hydrogens is 250 g/mol. The molecule has 1 aromatic carbocycles. The Morgan fingerprint density at radius 2 is 2.10 bits per heavy atom. The molecule has 1 aliphatic rings. The number of hydrogen-bond acceptors (Lipinski definition) is 3. The number of ether oxygens (including phenoxy) is 2. The molecule has 0 fully saturated rings. The highest BCUT2D eigenvalue weighted by atomic mass is 16.5. The van der Waals surface area contributed by atoms with E-state index in [1.54, 1.807) is 0 Å². The number of rotatable bonds is 6. The Morgan fingerprint density at radius 1 is 1.35 bits per heavy atom. The minimum absolute atomic E-state index is 0.111. The van der Waals surface area contributed by atoms with Gasteiger partial charge in [-0.1, -0.05) is 19.1 Å². The summed E-state index contributed by atoms with van der Waals surface area (Å²) in [6.07, 6.45) is 2.19. The third-order valence-electron chi connectivity index (χ3n) is 3.79. The van der Waals surface area contributed by atoms with Crippen molar-refractivity contribution in [2.24, 2.45) is 0 Å². The van der Waals surface area contributed by atoms with Gasteiger partial charge in [-0.2, -0.15) is 0 Å². The van der Waals surface area contributed by atoms with Crippen LogP contribution < -0.4 is 14.8 Å². The maximum Gasteiger partial charge on any atom is 0.165 e. The van der Waals surface area contributed by atoms with Crippen molar-refractivity contribution in [1.29, 1.82) is 0 Å². The molecule has 112 valence electrons.